The van der Waals surface area contributed by atoms with Crippen LogP contribution in [-0.4, -0.2) is 14.2 Å². The molecule has 2 aromatic rings. The lowest BCUT2D eigenvalue weighted by Crippen LogP contribution is -2.00. The number of hydrogen-bond acceptors (Lipinski definition) is 2. The molecule has 2 rings (SSSR count). The largest absolute Gasteiger partial charge is 0.497 e. The Morgan fingerprint density at radius 3 is 2.19 bits per heavy atom. The number of aryl methyl sites for hydroxylation is 2. The highest BCUT2D eigenvalue weighted by molar-refractivity contribution is 6.33. The van der Waals surface area contributed by atoms with E-state index in [0.717, 1.165) is 28.0 Å². The fourth-order valence-electron chi connectivity index (χ4n) is 2.19. The van der Waals surface area contributed by atoms with E-state index < -0.39 is 0 Å². The van der Waals surface area contributed by atoms with Gasteiger partial charge in [0, 0.05) is 16.7 Å². The molecule has 0 fully saturated rings. The van der Waals surface area contributed by atoms with E-state index in [-0.39, 0.29) is 5.38 Å². The Labute approximate surface area is 135 Å². The summed E-state index contributed by atoms with van der Waals surface area (Å²) in [4.78, 5) is 0. The molecule has 1 unspecified atom stereocenters. The van der Waals surface area contributed by atoms with Crippen molar-refractivity contribution in [3.63, 3.8) is 0 Å². The Morgan fingerprint density at radius 1 is 0.905 bits per heavy atom. The predicted molar refractivity (Wildman–Crippen MR) is 88.2 cm³/mol. The van der Waals surface area contributed by atoms with Gasteiger partial charge in [-0.3, -0.25) is 0 Å². The van der Waals surface area contributed by atoms with Crippen LogP contribution < -0.4 is 9.47 Å². The van der Waals surface area contributed by atoms with Gasteiger partial charge in [-0.1, -0.05) is 17.7 Å². The first-order valence-corrected chi connectivity index (χ1v) is 7.42. The Kier molecular flexibility index (Phi) is 5.02. The molecule has 4 heteroatoms. The molecule has 0 amide bonds. The number of hydrogen-bond donors (Lipinski definition) is 0. The molecular formula is C17H18Cl2O2. The monoisotopic (exact) mass is 324 g/mol. The first kappa shape index (κ1) is 16.0. The topological polar surface area (TPSA) is 18.5 Å². The van der Waals surface area contributed by atoms with Crippen LogP contribution in [0.25, 0.3) is 0 Å². The van der Waals surface area contributed by atoms with E-state index >= 15 is 0 Å². The third kappa shape index (κ3) is 3.28. The van der Waals surface area contributed by atoms with Gasteiger partial charge in [0.05, 0.1) is 19.6 Å². The Hall–Kier alpha value is -1.38. The number of benzene rings is 2. The predicted octanol–water partition coefficient (Wildman–Crippen LogP) is 5.30. The number of ether oxygens (including phenoxy) is 2. The number of rotatable bonds is 4. The van der Waals surface area contributed by atoms with Gasteiger partial charge in [-0.15, -0.1) is 11.6 Å². The molecular weight excluding hydrogens is 307 g/mol. The normalized spacial score (nSPS) is 12.1. The van der Waals surface area contributed by atoms with Crippen molar-refractivity contribution in [3.05, 3.63) is 57.6 Å². The summed E-state index contributed by atoms with van der Waals surface area (Å²) >= 11 is 13.0. The Balaban J connectivity index is 2.49. The lowest BCUT2D eigenvalue weighted by Gasteiger charge is -2.17. The van der Waals surface area contributed by atoms with Crippen molar-refractivity contribution in [1.29, 1.82) is 0 Å². The molecule has 0 N–H and O–H groups in total. The van der Waals surface area contributed by atoms with E-state index in [1.54, 1.807) is 14.2 Å². The summed E-state index contributed by atoms with van der Waals surface area (Å²) in [6, 6.07) is 9.55. The maximum Gasteiger partial charge on any atom is 0.127 e. The van der Waals surface area contributed by atoms with Gasteiger partial charge in [0.2, 0.25) is 0 Å². The van der Waals surface area contributed by atoms with E-state index in [2.05, 4.69) is 0 Å². The van der Waals surface area contributed by atoms with Gasteiger partial charge in [-0.25, -0.2) is 0 Å². The lowest BCUT2D eigenvalue weighted by molar-refractivity contribution is 0.391. The summed E-state index contributed by atoms with van der Waals surface area (Å²) in [5.41, 5.74) is 4.05. The second-order valence-electron chi connectivity index (χ2n) is 4.93. The third-order valence-electron chi connectivity index (χ3n) is 3.60. The number of alkyl halides is 1. The van der Waals surface area contributed by atoms with Crippen molar-refractivity contribution in [2.75, 3.05) is 14.2 Å². The molecule has 0 aliphatic heterocycles. The van der Waals surface area contributed by atoms with Crippen molar-refractivity contribution >= 4 is 23.2 Å². The van der Waals surface area contributed by atoms with E-state index in [9.17, 15) is 0 Å². The minimum Gasteiger partial charge on any atom is -0.497 e. The zero-order valence-corrected chi connectivity index (χ0v) is 14.0. The number of methoxy groups -OCH3 is 2. The van der Waals surface area contributed by atoms with E-state index in [1.807, 2.05) is 44.2 Å². The first-order valence-electron chi connectivity index (χ1n) is 6.60. The SMILES string of the molecule is COc1ccc(C(Cl)c2cc(C)c(C)cc2Cl)c(OC)c1. The van der Waals surface area contributed by atoms with Crippen LogP contribution in [0, 0.1) is 13.8 Å². The lowest BCUT2D eigenvalue weighted by atomic mass is 9.99. The molecule has 0 heterocycles. The molecule has 0 saturated heterocycles. The summed E-state index contributed by atoms with van der Waals surface area (Å²) in [6.07, 6.45) is 0. The molecule has 0 radical (unpaired) electrons. The average molecular weight is 325 g/mol. The van der Waals surface area contributed by atoms with Crippen LogP contribution >= 0.6 is 23.2 Å². The molecule has 112 valence electrons. The smallest absolute Gasteiger partial charge is 0.127 e. The standard InChI is InChI=1S/C17H18Cl2O2/c1-10-7-14(15(18)8-11(10)2)17(19)13-6-5-12(20-3)9-16(13)21-4/h5-9,17H,1-4H3. The molecule has 21 heavy (non-hydrogen) atoms. The fraction of sp³-hybridized carbons (Fsp3) is 0.294. The van der Waals surface area contributed by atoms with E-state index in [1.165, 1.54) is 0 Å². The maximum atomic E-state index is 6.64. The van der Waals surface area contributed by atoms with Gasteiger partial charge in [0.25, 0.3) is 0 Å². The molecule has 2 nitrogen and oxygen atoms in total. The van der Waals surface area contributed by atoms with Crippen LogP contribution in [0.15, 0.2) is 30.3 Å². The van der Waals surface area contributed by atoms with E-state index in [0.29, 0.717) is 10.8 Å². The maximum absolute atomic E-state index is 6.64. The van der Waals surface area contributed by atoms with Crippen LogP contribution in [0.2, 0.25) is 5.02 Å². The summed E-state index contributed by atoms with van der Waals surface area (Å²) in [5, 5.41) is 0.286. The summed E-state index contributed by atoms with van der Waals surface area (Å²) < 4.78 is 10.6. The van der Waals surface area contributed by atoms with Gasteiger partial charge in [-0.05, 0) is 48.7 Å². The van der Waals surface area contributed by atoms with Crippen molar-refractivity contribution < 1.29 is 9.47 Å². The van der Waals surface area contributed by atoms with E-state index in [4.69, 9.17) is 32.7 Å². The fourth-order valence-corrected chi connectivity index (χ4v) is 2.94. The number of halogens is 2. The minimum atomic E-state index is -0.377. The van der Waals surface area contributed by atoms with Crippen LogP contribution in [0.3, 0.4) is 0 Å². The van der Waals surface area contributed by atoms with Crippen LogP contribution in [0.1, 0.15) is 27.6 Å². The highest BCUT2D eigenvalue weighted by Crippen LogP contribution is 2.40. The molecule has 1 atom stereocenters. The van der Waals surface area contributed by atoms with Gasteiger partial charge in [0.1, 0.15) is 11.5 Å². The molecule has 0 bridgehead atoms. The van der Waals surface area contributed by atoms with Gasteiger partial charge >= 0.3 is 0 Å². The molecule has 0 aliphatic rings. The molecule has 0 saturated carbocycles. The van der Waals surface area contributed by atoms with Gasteiger partial charge in [-0.2, -0.15) is 0 Å². The van der Waals surface area contributed by atoms with Crippen LogP contribution in [-0.2, 0) is 0 Å². The first-order chi connectivity index (χ1) is 9.97. The third-order valence-corrected chi connectivity index (χ3v) is 4.40. The zero-order chi connectivity index (χ0) is 15.6. The second-order valence-corrected chi connectivity index (χ2v) is 5.77. The second kappa shape index (κ2) is 6.59. The average Bonchev–Trinajstić information content (AvgIpc) is 2.49. The Morgan fingerprint density at radius 2 is 1.57 bits per heavy atom. The van der Waals surface area contributed by atoms with Crippen LogP contribution in [0.4, 0.5) is 0 Å². The molecule has 0 spiro atoms. The summed E-state index contributed by atoms with van der Waals surface area (Å²) in [5.74, 6) is 1.41. The Bertz CT molecular complexity index is 653. The van der Waals surface area contributed by atoms with Crippen molar-refractivity contribution in [3.8, 4) is 11.5 Å². The minimum absolute atomic E-state index is 0.377. The molecule has 2 aromatic carbocycles. The zero-order valence-electron chi connectivity index (χ0n) is 12.5. The molecule has 0 aliphatic carbocycles. The quantitative estimate of drug-likeness (QED) is 0.710. The van der Waals surface area contributed by atoms with Crippen LogP contribution in [0.5, 0.6) is 11.5 Å². The van der Waals surface area contributed by atoms with Gasteiger partial charge < -0.3 is 9.47 Å². The van der Waals surface area contributed by atoms with Crippen molar-refractivity contribution in [2.45, 2.75) is 19.2 Å². The highest BCUT2D eigenvalue weighted by atomic mass is 35.5. The van der Waals surface area contributed by atoms with Crippen molar-refractivity contribution in [2.24, 2.45) is 0 Å². The van der Waals surface area contributed by atoms with Crippen molar-refractivity contribution in [1.82, 2.24) is 0 Å². The van der Waals surface area contributed by atoms with Gasteiger partial charge in [0.15, 0.2) is 0 Å². The highest BCUT2D eigenvalue weighted by Gasteiger charge is 2.19. The summed E-state index contributed by atoms with van der Waals surface area (Å²) in [7, 11) is 3.23. The summed E-state index contributed by atoms with van der Waals surface area (Å²) in [6.45, 7) is 4.08. The molecule has 0 aromatic heterocycles.